The number of nitrogens with zero attached hydrogens (tertiary/aromatic N) is 3. The van der Waals surface area contributed by atoms with E-state index in [0.717, 1.165) is 35.0 Å². The van der Waals surface area contributed by atoms with Gasteiger partial charge >= 0.3 is 0 Å². The summed E-state index contributed by atoms with van der Waals surface area (Å²) in [5.74, 6) is 4.82. The molecule has 1 aliphatic heterocycles. The van der Waals surface area contributed by atoms with E-state index in [4.69, 9.17) is 19.9 Å². The van der Waals surface area contributed by atoms with Gasteiger partial charge in [0, 0.05) is 46.0 Å². The van der Waals surface area contributed by atoms with Crippen molar-refractivity contribution in [1.82, 2.24) is 15.0 Å². The molecule has 0 aliphatic carbocycles. The number of aromatic nitrogens is 3. The van der Waals surface area contributed by atoms with Gasteiger partial charge in [-0.25, -0.2) is 19.2 Å². The van der Waals surface area contributed by atoms with Gasteiger partial charge in [0.2, 0.25) is 11.8 Å². The van der Waals surface area contributed by atoms with Gasteiger partial charge in [0.1, 0.15) is 23.1 Å². The summed E-state index contributed by atoms with van der Waals surface area (Å²) >= 11 is 0. The van der Waals surface area contributed by atoms with Crippen LogP contribution in [0, 0.1) is 6.92 Å². The zero-order valence-corrected chi connectivity index (χ0v) is 19.2. The fraction of sp³-hybridized carbons (Fsp3) is 0.364. The summed E-state index contributed by atoms with van der Waals surface area (Å²) in [4.78, 5) is 13.1. The van der Waals surface area contributed by atoms with E-state index in [2.05, 4.69) is 25.5 Å². The fourth-order valence-electron chi connectivity index (χ4n) is 3.68. The van der Waals surface area contributed by atoms with E-state index in [1.165, 1.54) is 13.4 Å². The van der Waals surface area contributed by atoms with E-state index in [-0.39, 0.29) is 12.1 Å². The SMILES string of the molecule is C=S(C)(=O)Nc1cc(-c2cc(OC3CCOCC3)c3nc(N)nc(C)c3c2)cnc1OC. The Morgan fingerprint density at radius 3 is 2.66 bits per heavy atom. The van der Waals surface area contributed by atoms with Crippen LogP contribution in [0.4, 0.5) is 11.6 Å². The van der Waals surface area contributed by atoms with Crippen molar-refractivity contribution in [2.45, 2.75) is 25.9 Å². The molecule has 1 aromatic carbocycles. The molecule has 1 saturated heterocycles. The highest BCUT2D eigenvalue weighted by Gasteiger charge is 2.20. The standard InChI is InChI=1S/C22H27N5O4S/c1-13-17-9-14(15-10-18(27-32(3,4)28)21(29-2)24-12-15)11-19(20(17)26-22(23)25-13)31-16-5-7-30-8-6-16/h9-12,16H,3,5-8H2,1-2,4H3,(H,27,28)(H2,23,25,26). The number of methoxy groups -OCH3 is 1. The summed E-state index contributed by atoms with van der Waals surface area (Å²) in [6, 6.07) is 5.72. The maximum atomic E-state index is 12.2. The predicted molar refractivity (Wildman–Crippen MR) is 128 cm³/mol. The zero-order valence-electron chi connectivity index (χ0n) is 18.4. The average molecular weight is 458 g/mol. The molecule has 2 aromatic heterocycles. The molecule has 1 unspecified atom stereocenters. The van der Waals surface area contributed by atoms with E-state index in [1.54, 1.807) is 6.20 Å². The van der Waals surface area contributed by atoms with Crippen LogP contribution in [0.5, 0.6) is 11.6 Å². The predicted octanol–water partition coefficient (Wildman–Crippen LogP) is 2.82. The molecule has 1 aliphatic rings. The van der Waals surface area contributed by atoms with Crippen LogP contribution in [-0.2, 0) is 14.4 Å². The Morgan fingerprint density at radius 2 is 1.97 bits per heavy atom. The summed E-state index contributed by atoms with van der Waals surface area (Å²) in [5, 5.41) is 0.834. The summed E-state index contributed by atoms with van der Waals surface area (Å²) in [7, 11) is -1.01. The van der Waals surface area contributed by atoms with Gasteiger partial charge in [-0.1, -0.05) is 0 Å². The zero-order chi connectivity index (χ0) is 22.9. The summed E-state index contributed by atoms with van der Waals surface area (Å²) < 4.78 is 32.2. The van der Waals surface area contributed by atoms with Gasteiger partial charge in [0.25, 0.3) is 0 Å². The molecule has 9 nitrogen and oxygen atoms in total. The molecule has 1 atom stereocenters. The molecule has 0 spiro atoms. The van der Waals surface area contributed by atoms with Gasteiger partial charge in [0.15, 0.2) is 0 Å². The first-order chi connectivity index (χ1) is 15.2. The third kappa shape index (κ3) is 4.86. The van der Waals surface area contributed by atoms with Gasteiger partial charge in [-0.2, -0.15) is 0 Å². The Morgan fingerprint density at radius 1 is 1.22 bits per heavy atom. The lowest BCUT2D eigenvalue weighted by molar-refractivity contribution is 0.0261. The number of hydrogen-bond donors (Lipinski definition) is 2. The molecule has 3 heterocycles. The van der Waals surface area contributed by atoms with Crippen molar-refractivity contribution in [3.05, 3.63) is 30.1 Å². The highest BCUT2D eigenvalue weighted by molar-refractivity contribution is 8.00. The number of benzene rings is 1. The normalized spacial score (nSPS) is 16.5. The second-order valence-electron chi connectivity index (χ2n) is 7.86. The van der Waals surface area contributed by atoms with Crippen molar-refractivity contribution < 1.29 is 18.4 Å². The van der Waals surface area contributed by atoms with Crippen LogP contribution in [0.3, 0.4) is 0 Å². The van der Waals surface area contributed by atoms with Crippen LogP contribution >= 0.6 is 0 Å². The topological polar surface area (TPSA) is 121 Å². The second-order valence-corrected chi connectivity index (χ2v) is 10.1. The van der Waals surface area contributed by atoms with Gasteiger partial charge in [-0.05, 0) is 36.6 Å². The van der Waals surface area contributed by atoms with Gasteiger partial charge in [0.05, 0.1) is 26.0 Å². The molecule has 1 fully saturated rings. The number of nitrogens with one attached hydrogen (secondary N) is 1. The second kappa shape index (κ2) is 8.79. The Kier molecular flexibility index (Phi) is 6.07. The maximum absolute atomic E-state index is 12.2. The first-order valence-electron chi connectivity index (χ1n) is 10.2. The number of fused-ring (bicyclic) bond motifs is 1. The molecule has 3 aromatic rings. The molecule has 0 saturated carbocycles. The van der Waals surface area contributed by atoms with Crippen molar-refractivity contribution >= 4 is 38.1 Å². The average Bonchev–Trinajstić information content (AvgIpc) is 2.73. The first-order valence-corrected chi connectivity index (χ1v) is 12.3. The van der Waals surface area contributed by atoms with Crippen LogP contribution in [-0.4, -0.2) is 57.7 Å². The lowest BCUT2D eigenvalue weighted by Gasteiger charge is -2.24. The number of anilines is 2. The fourth-order valence-corrected chi connectivity index (χ4v) is 4.29. The molecular formula is C22H27N5O4S. The first kappa shape index (κ1) is 22.1. The Labute approximate surface area is 187 Å². The Balaban J connectivity index is 1.84. The maximum Gasteiger partial charge on any atom is 0.238 e. The van der Waals surface area contributed by atoms with E-state index in [1.807, 2.05) is 25.1 Å². The van der Waals surface area contributed by atoms with Crippen molar-refractivity contribution in [3.63, 3.8) is 0 Å². The monoisotopic (exact) mass is 457 g/mol. The molecule has 32 heavy (non-hydrogen) atoms. The van der Waals surface area contributed by atoms with Crippen LogP contribution in [0.2, 0.25) is 0 Å². The summed E-state index contributed by atoms with van der Waals surface area (Å²) in [6.45, 7) is 3.21. The highest BCUT2D eigenvalue weighted by Crippen LogP contribution is 2.36. The number of rotatable bonds is 6. The Hall–Kier alpha value is -3.11. The largest absolute Gasteiger partial charge is 0.488 e. The van der Waals surface area contributed by atoms with Crippen LogP contribution < -0.4 is 19.9 Å². The minimum absolute atomic E-state index is 0.0286. The van der Waals surface area contributed by atoms with Crippen LogP contribution in [0.1, 0.15) is 18.5 Å². The van der Waals surface area contributed by atoms with Gasteiger partial charge < -0.3 is 24.7 Å². The molecule has 4 rings (SSSR count). The summed E-state index contributed by atoms with van der Waals surface area (Å²) in [5.41, 5.74) is 9.46. The number of hydrogen-bond acceptors (Lipinski definition) is 8. The quantitative estimate of drug-likeness (QED) is 0.542. The molecule has 10 heteroatoms. The molecule has 0 radical (unpaired) electrons. The minimum atomic E-state index is -2.52. The van der Waals surface area contributed by atoms with Crippen molar-refractivity contribution in [2.24, 2.45) is 0 Å². The van der Waals surface area contributed by atoms with Gasteiger partial charge in [-0.15, -0.1) is 0 Å². The number of nitrogen functional groups attached to an aromatic ring is 1. The number of aryl methyl sites for hydroxylation is 1. The van der Waals surface area contributed by atoms with Crippen molar-refractivity contribution in [1.29, 1.82) is 0 Å². The molecule has 170 valence electrons. The Bertz CT molecular complexity index is 1260. The van der Waals surface area contributed by atoms with E-state index < -0.39 is 9.71 Å². The minimum Gasteiger partial charge on any atom is -0.488 e. The third-order valence-electron chi connectivity index (χ3n) is 5.14. The highest BCUT2D eigenvalue weighted by atomic mass is 32.2. The van der Waals surface area contributed by atoms with Crippen LogP contribution in [0.15, 0.2) is 24.4 Å². The van der Waals surface area contributed by atoms with E-state index in [9.17, 15) is 4.21 Å². The van der Waals surface area contributed by atoms with Crippen molar-refractivity contribution in [2.75, 3.05) is 37.0 Å². The number of pyridine rings is 1. The smallest absolute Gasteiger partial charge is 0.238 e. The van der Waals surface area contributed by atoms with E-state index in [0.29, 0.717) is 36.0 Å². The molecular weight excluding hydrogens is 430 g/mol. The number of nitrogens with two attached hydrogens (primary N) is 1. The third-order valence-corrected chi connectivity index (χ3v) is 5.79. The lowest BCUT2D eigenvalue weighted by atomic mass is 10.0. The van der Waals surface area contributed by atoms with E-state index >= 15 is 0 Å². The lowest BCUT2D eigenvalue weighted by Crippen LogP contribution is -2.26. The summed E-state index contributed by atoms with van der Waals surface area (Å²) in [6.07, 6.45) is 4.84. The van der Waals surface area contributed by atoms with Gasteiger partial charge in [-0.3, -0.25) is 0 Å². The number of ether oxygens (including phenoxy) is 3. The molecule has 0 amide bonds. The molecule has 0 bridgehead atoms. The molecule has 3 N–H and O–H groups in total. The van der Waals surface area contributed by atoms with Crippen LogP contribution in [0.25, 0.3) is 22.0 Å². The van der Waals surface area contributed by atoms with Crippen molar-refractivity contribution in [3.8, 4) is 22.8 Å².